The second-order valence-electron chi connectivity index (χ2n) is 4.03. The molecule has 0 bridgehead atoms. The highest BCUT2D eigenvalue weighted by Gasteiger charge is 2.09. The second-order valence-corrected chi connectivity index (χ2v) is 5.86. The molecule has 98 valence electrons. The van der Waals surface area contributed by atoms with Crippen molar-refractivity contribution >= 4 is 40.7 Å². The molecule has 0 spiro atoms. The van der Waals surface area contributed by atoms with Crippen LogP contribution in [0.25, 0.3) is 0 Å². The lowest BCUT2D eigenvalue weighted by atomic mass is 10.1. The molecule has 0 N–H and O–H groups in total. The minimum atomic E-state index is 0.137. The van der Waals surface area contributed by atoms with Gasteiger partial charge in [-0.2, -0.15) is 0 Å². The molecule has 0 saturated carbocycles. The molecule has 0 atom stereocenters. The van der Waals surface area contributed by atoms with Crippen LogP contribution >= 0.6 is 35.0 Å². The fraction of sp³-hybridized carbons (Fsp3) is 0.133. The standard InChI is InChI=1S/C15H12Cl2OS/c16-14-8-4-5-11(15(14)17)9-12(18)10-19-13-6-2-1-3-7-13/h1-8H,9-10H2. The number of carbonyl (C=O) groups is 1. The summed E-state index contributed by atoms with van der Waals surface area (Å²) in [5.41, 5.74) is 0.785. The minimum absolute atomic E-state index is 0.137. The monoisotopic (exact) mass is 310 g/mol. The number of ketones is 1. The summed E-state index contributed by atoms with van der Waals surface area (Å²) in [5.74, 6) is 0.574. The minimum Gasteiger partial charge on any atom is -0.298 e. The maximum absolute atomic E-state index is 11.9. The topological polar surface area (TPSA) is 17.1 Å². The van der Waals surface area contributed by atoms with Gasteiger partial charge in [0, 0.05) is 11.3 Å². The largest absolute Gasteiger partial charge is 0.298 e. The van der Waals surface area contributed by atoms with Crippen LogP contribution in [0.5, 0.6) is 0 Å². The molecule has 0 radical (unpaired) electrons. The first-order valence-electron chi connectivity index (χ1n) is 5.79. The van der Waals surface area contributed by atoms with Gasteiger partial charge in [0.15, 0.2) is 0 Å². The van der Waals surface area contributed by atoms with E-state index in [9.17, 15) is 4.79 Å². The zero-order valence-corrected chi connectivity index (χ0v) is 12.4. The van der Waals surface area contributed by atoms with E-state index < -0.39 is 0 Å². The van der Waals surface area contributed by atoms with Crippen LogP contribution in [0.15, 0.2) is 53.4 Å². The van der Waals surface area contributed by atoms with Crippen LogP contribution in [0.1, 0.15) is 5.56 Å². The van der Waals surface area contributed by atoms with Gasteiger partial charge in [-0.1, -0.05) is 53.5 Å². The molecule has 2 rings (SSSR count). The average molecular weight is 311 g/mol. The third kappa shape index (κ3) is 4.27. The number of carbonyl (C=O) groups excluding carboxylic acids is 1. The molecule has 0 unspecified atom stereocenters. The van der Waals surface area contributed by atoms with Gasteiger partial charge in [0.2, 0.25) is 0 Å². The first kappa shape index (κ1) is 14.4. The maximum atomic E-state index is 11.9. The van der Waals surface area contributed by atoms with E-state index in [4.69, 9.17) is 23.2 Å². The Labute approximate surface area is 126 Å². The van der Waals surface area contributed by atoms with Gasteiger partial charge in [-0.3, -0.25) is 4.79 Å². The highest BCUT2D eigenvalue weighted by atomic mass is 35.5. The van der Waals surface area contributed by atoms with Crippen LogP contribution in [0, 0.1) is 0 Å². The fourth-order valence-electron chi connectivity index (χ4n) is 1.63. The Morgan fingerprint density at radius 2 is 1.74 bits per heavy atom. The van der Waals surface area contributed by atoms with Crippen molar-refractivity contribution in [3.8, 4) is 0 Å². The van der Waals surface area contributed by atoms with Crippen molar-refractivity contribution in [3.05, 3.63) is 64.1 Å². The molecule has 0 aliphatic carbocycles. The number of Topliss-reactive ketones (excluding diaryl/α,β-unsaturated/α-hetero) is 1. The molecule has 0 aliphatic rings. The summed E-state index contributed by atoms with van der Waals surface area (Å²) in [6.07, 6.45) is 0.319. The zero-order valence-electron chi connectivity index (χ0n) is 10.1. The van der Waals surface area contributed by atoms with Crippen molar-refractivity contribution in [1.82, 2.24) is 0 Å². The average Bonchev–Trinajstić information content (AvgIpc) is 2.43. The molecule has 19 heavy (non-hydrogen) atoms. The molecule has 4 heteroatoms. The van der Waals surface area contributed by atoms with Crippen LogP contribution < -0.4 is 0 Å². The summed E-state index contributed by atoms with van der Waals surface area (Å²) in [6.45, 7) is 0. The van der Waals surface area contributed by atoms with E-state index in [1.54, 1.807) is 12.1 Å². The predicted molar refractivity (Wildman–Crippen MR) is 82.3 cm³/mol. The summed E-state index contributed by atoms with van der Waals surface area (Å²) in [4.78, 5) is 13.0. The maximum Gasteiger partial charge on any atom is 0.147 e. The normalized spacial score (nSPS) is 10.4. The number of benzene rings is 2. The number of thioether (sulfide) groups is 1. The molecule has 0 saturated heterocycles. The van der Waals surface area contributed by atoms with E-state index in [1.165, 1.54) is 11.8 Å². The van der Waals surface area contributed by atoms with Gasteiger partial charge in [-0.15, -0.1) is 11.8 Å². The van der Waals surface area contributed by atoms with E-state index in [0.717, 1.165) is 10.5 Å². The van der Waals surface area contributed by atoms with Crippen LogP contribution in [0.3, 0.4) is 0 Å². The second kappa shape index (κ2) is 6.99. The van der Waals surface area contributed by atoms with Crippen molar-refractivity contribution in [1.29, 1.82) is 0 Å². The number of halogens is 2. The Morgan fingerprint density at radius 1 is 1.00 bits per heavy atom. The SMILES string of the molecule is O=C(CSc1ccccc1)Cc1cccc(Cl)c1Cl. The molecule has 2 aromatic carbocycles. The number of rotatable bonds is 5. The van der Waals surface area contributed by atoms with Gasteiger partial charge < -0.3 is 0 Å². The summed E-state index contributed by atoms with van der Waals surface area (Å²) < 4.78 is 0. The molecule has 0 heterocycles. The molecule has 0 aliphatic heterocycles. The first-order valence-corrected chi connectivity index (χ1v) is 7.53. The van der Waals surface area contributed by atoms with Gasteiger partial charge in [0.25, 0.3) is 0 Å². The van der Waals surface area contributed by atoms with Gasteiger partial charge in [-0.25, -0.2) is 0 Å². The van der Waals surface area contributed by atoms with Crippen molar-refractivity contribution in [2.45, 2.75) is 11.3 Å². The third-order valence-electron chi connectivity index (χ3n) is 2.56. The van der Waals surface area contributed by atoms with E-state index in [0.29, 0.717) is 22.2 Å². The molecule has 0 fully saturated rings. The van der Waals surface area contributed by atoms with Crippen molar-refractivity contribution in [2.75, 3.05) is 5.75 Å². The molecular weight excluding hydrogens is 299 g/mol. The highest BCUT2D eigenvalue weighted by Crippen LogP contribution is 2.26. The molecular formula is C15H12Cl2OS. The Bertz CT molecular complexity index is 570. The van der Waals surface area contributed by atoms with Crippen LogP contribution in [0.2, 0.25) is 10.0 Å². The molecule has 0 amide bonds. The van der Waals surface area contributed by atoms with Gasteiger partial charge in [0.05, 0.1) is 15.8 Å². The third-order valence-corrected chi connectivity index (χ3v) is 4.49. The van der Waals surface area contributed by atoms with Crippen LogP contribution in [-0.2, 0) is 11.2 Å². The molecule has 1 nitrogen and oxygen atoms in total. The number of hydrogen-bond donors (Lipinski definition) is 0. The highest BCUT2D eigenvalue weighted by molar-refractivity contribution is 8.00. The van der Waals surface area contributed by atoms with Crippen molar-refractivity contribution in [3.63, 3.8) is 0 Å². The van der Waals surface area contributed by atoms with Gasteiger partial charge >= 0.3 is 0 Å². The molecule has 0 aromatic heterocycles. The van der Waals surface area contributed by atoms with Gasteiger partial charge in [-0.05, 0) is 23.8 Å². The van der Waals surface area contributed by atoms with Gasteiger partial charge in [0.1, 0.15) is 5.78 Å². The van der Waals surface area contributed by atoms with Crippen molar-refractivity contribution < 1.29 is 4.79 Å². The van der Waals surface area contributed by atoms with Crippen LogP contribution in [0.4, 0.5) is 0 Å². The lowest BCUT2D eigenvalue weighted by molar-refractivity contribution is -0.116. The fourth-order valence-corrected chi connectivity index (χ4v) is 2.80. The first-order chi connectivity index (χ1) is 9.16. The summed E-state index contributed by atoms with van der Waals surface area (Å²) >= 11 is 13.5. The summed E-state index contributed by atoms with van der Waals surface area (Å²) in [7, 11) is 0. The Balaban J connectivity index is 1.93. The summed E-state index contributed by atoms with van der Waals surface area (Å²) in [6, 6.07) is 15.2. The Hall–Kier alpha value is -0.960. The van der Waals surface area contributed by atoms with E-state index in [-0.39, 0.29) is 5.78 Å². The lowest BCUT2D eigenvalue weighted by Crippen LogP contribution is -2.06. The predicted octanol–water partition coefficient (Wildman–Crippen LogP) is 4.90. The zero-order chi connectivity index (χ0) is 13.7. The number of hydrogen-bond acceptors (Lipinski definition) is 2. The Morgan fingerprint density at radius 3 is 2.47 bits per heavy atom. The van der Waals surface area contributed by atoms with Crippen LogP contribution in [-0.4, -0.2) is 11.5 Å². The molecule has 2 aromatic rings. The lowest BCUT2D eigenvalue weighted by Gasteiger charge is -2.05. The summed E-state index contributed by atoms with van der Waals surface area (Å²) in [5, 5.41) is 0.963. The smallest absolute Gasteiger partial charge is 0.147 e. The van der Waals surface area contributed by atoms with E-state index in [1.807, 2.05) is 36.4 Å². The Kier molecular flexibility index (Phi) is 5.32. The van der Waals surface area contributed by atoms with E-state index >= 15 is 0 Å². The van der Waals surface area contributed by atoms with Crippen molar-refractivity contribution in [2.24, 2.45) is 0 Å². The quantitative estimate of drug-likeness (QED) is 0.731. The van der Waals surface area contributed by atoms with E-state index in [2.05, 4.69) is 0 Å².